The second-order valence-electron chi connectivity index (χ2n) is 4.09. The maximum atomic E-state index is 11.5. The van der Waals surface area contributed by atoms with Crippen LogP contribution in [0.2, 0.25) is 0 Å². The Hall–Kier alpha value is -2.13. The van der Waals surface area contributed by atoms with Crippen LogP contribution in [0.5, 0.6) is 5.75 Å². The van der Waals surface area contributed by atoms with Gasteiger partial charge in [0.1, 0.15) is 11.8 Å². The zero-order chi connectivity index (χ0) is 14.8. The maximum absolute atomic E-state index is 11.5. The first-order chi connectivity index (χ1) is 9.38. The van der Waals surface area contributed by atoms with Crippen LogP contribution in [-0.2, 0) is 19.7 Å². The van der Waals surface area contributed by atoms with Crippen LogP contribution in [0.25, 0.3) is 0 Å². The lowest BCUT2D eigenvalue weighted by atomic mass is 10.1. The predicted molar refractivity (Wildman–Crippen MR) is 67.3 cm³/mol. The van der Waals surface area contributed by atoms with Gasteiger partial charge in [-0.15, -0.1) is 0 Å². The van der Waals surface area contributed by atoms with Crippen molar-refractivity contribution in [3.8, 4) is 5.75 Å². The van der Waals surface area contributed by atoms with Crippen molar-refractivity contribution in [1.82, 2.24) is 10.6 Å². The van der Waals surface area contributed by atoms with Crippen molar-refractivity contribution in [2.75, 3.05) is 6.61 Å². The van der Waals surface area contributed by atoms with Gasteiger partial charge >= 0.3 is 0 Å². The number of rotatable bonds is 5. The molecule has 2 rings (SSSR count). The highest BCUT2D eigenvalue weighted by atomic mass is 32.2. The monoisotopic (exact) mass is 300 g/mol. The Kier molecular flexibility index (Phi) is 3.91. The summed E-state index contributed by atoms with van der Waals surface area (Å²) in [6.45, 7) is -0.369. The molecule has 1 aromatic carbocycles. The first kappa shape index (κ1) is 14.3. The number of benzene rings is 1. The van der Waals surface area contributed by atoms with E-state index in [2.05, 4.69) is 5.32 Å². The lowest BCUT2D eigenvalue weighted by Gasteiger charge is -2.34. The maximum Gasteiger partial charge on any atom is 0.288 e. The summed E-state index contributed by atoms with van der Waals surface area (Å²) in [5, 5.41) is 2.64. The molecule has 8 nitrogen and oxygen atoms in total. The molecule has 9 heteroatoms. The number of carbonyl (C=O) groups is 2. The smallest absolute Gasteiger partial charge is 0.288 e. The van der Waals surface area contributed by atoms with E-state index < -0.39 is 33.3 Å². The fourth-order valence-electron chi connectivity index (χ4n) is 1.62. The normalized spacial score (nSPS) is 21.6. The number of carbonyl (C=O) groups excluding carboxylic acids is 2. The van der Waals surface area contributed by atoms with Crippen molar-refractivity contribution in [2.24, 2.45) is 0 Å². The van der Waals surface area contributed by atoms with Crippen LogP contribution in [0.3, 0.4) is 0 Å². The van der Waals surface area contributed by atoms with E-state index >= 15 is 0 Å². The average molecular weight is 300 g/mol. The summed E-state index contributed by atoms with van der Waals surface area (Å²) < 4.78 is 35.7. The molecule has 1 fully saturated rings. The molecule has 1 aliphatic rings. The van der Waals surface area contributed by atoms with E-state index in [1.807, 2.05) is 5.32 Å². The van der Waals surface area contributed by atoms with Crippen LogP contribution in [-0.4, -0.2) is 42.8 Å². The minimum absolute atomic E-state index is 0.369. The fraction of sp³-hybridized carbons (Fsp3) is 0.273. The summed E-state index contributed by atoms with van der Waals surface area (Å²) in [6, 6.07) is 7.20. The third-order valence-corrected chi connectivity index (χ3v) is 3.65. The summed E-state index contributed by atoms with van der Waals surface area (Å²) in [6.07, 6.45) is 0. The van der Waals surface area contributed by atoms with Crippen molar-refractivity contribution in [1.29, 1.82) is 0 Å². The Morgan fingerprint density at radius 2 is 2.00 bits per heavy atom. The van der Waals surface area contributed by atoms with E-state index in [9.17, 15) is 18.0 Å². The molecule has 0 aliphatic carbocycles. The van der Waals surface area contributed by atoms with Gasteiger partial charge in [-0.3, -0.25) is 14.1 Å². The van der Waals surface area contributed by atoms with E-state index in [-0.39, 0.29) is 6.61 Å². The van der Waals surface area contributed by atoms with E-state index in [4.69, 9.17) is 9.29 Å². The predicted octanol–water partition coefficient (Wildman–Crippen LogP) is -1.11. The van der Waals surface area contributed by atoms with E-state index in [0.29, 0.717) is 5.75 Å². The zero-order valence-electron chi connectivity index (χ0n) is 10.1. The Bertz CT molecular complexity index is 615. The van der Waals surface area contributed by atoms with Crippen LogP contribution in [0.4, 0.5) is 0 Å². The third-order valence-electron chi connectivity index (χ3n) is 2.62. The Balaban J connectivity index is 1.87. The second kappa shape index (κ2) is 5.47. The molecule has 20 heavy (non-hydrogen) atoms. The van der Waals surface area contributed by atoms with Gasteiger partial charge < -0.3 is 15.4 Å². The van der Waals surface area contributed by atoms with E-state index in [1.54, 1.807) is 30.3 Å². The quantitative estimate of drug-likeness (QED) is 0.468. The summed E-state index contributed by atoms with van der Waals surface area (Å²) in [4.78, 5) is 22.7. The van der Waals surface area contributed by atoms with Gasteiger partial charge in [-0.05, 0) is 12.1 Å². The average Bonchev–Trinajstić information content (AvgIpc) is 2.40. The topological polar surface area (TPSA) is 122 Å². The largest absolute Gasteiger partial charge is 0.484 e. The lowest BCUT2D eigenvalue weighted by molar-refractivity contribution is -0.135. The molecule has 2 amide bonds. The molecule has 1 aromatic rings. The third kappa shape index (κ3) is 3.25. The van der Waals surface area contributed by atoms with Gasteiger partial charge in [-0.25, -0.2) is 0 Å². The summed E-state index contributed by atoms with van der Waals surface area (Å²) in [5.41, 5.74) is 0. The fourth-order valence-corrected chi connectivity index (χ4v) is 2.42. The van der Waals surface area contributed by atoms with Crippen LogP contribution in [0.1, 0.15) is 0 Å². The number of hydrogen-bond donors (Lipinski definition) is 3. The number of ether oxygens (including phenoxy) is 1. The molecule has 2 atom stereocenters. The zero-order valence-corrected chi connectivity index (χ0v) is 11.0. The highest BCUT2D eigenvalue weighted by molar-refractivity contribution is 7.86. The van der Waals surface area contributed by atoms with Crippen molar-refractivity contribution in [3.63, 3.8) is 0 Å². The van der Waals surface area contributed by atoms with Crippen LogP contribution < -0.4 is 15.4 Å². The molecule has 108 valence electrons. The molecule has 0 unspecified atom stereocenters. The number of para-hydroxylation sites is 1. The Morgan fingerprint density at radius 1 is 1.35 bits per heavy atom. The van der Waals surface area contributed by atoms with Gasteiger partial charge in [0.05, 0.1) is 0 Å². The SMILES string of the molecule is O=C(COc1ccccc1)N[C@@H]1C(=O)N[C@@H]1S(=O)(=O)O. The summed E-state index contributed by atoms with van der Waals surface area (Å²) in [7, 11) is -4.45. The van der Waals surface area contributed by atoms with Crippen molar-refractivity contribution >= 4 is 21.9 Å². The highest BCUT2D eigenvalue weighted by Gasteiger charge is 2.48. The Morgan fingerprint density at radius 3 is 2.55 bits per heavy atom. The number of β-lactam (4-membered cyclic amide) rings is 1. The molecule has 0 aromatic heterocycles. The minimum atomic E-state index is -4.45. The van der Waals surface area contributed by atoms with E-state index in [1.165, 1.54) is 0 Å². The van der Waals surface area contributed by atoms with Crippen molar-refractivity contribution in [3.05, 3.63) is 30.3 Å². The molecule has 1 saturated heterocycles. The van der Waals surface area contributed by atoms with Gasteiger partial charge in [-0.1, -0.05) is 18.2 Å². The van der Waals surface area contributed by atoms with Crippen molar-refractivity contribution < 1.29 is 27.3 Å². The minimum Gasteiger partial charge on any atom is -0.484 e. The van der Waals surface area contributed by atoms with Crippen LogP contribution in [0, 0.1) is 0 Å². The first-order valence-corrected chi connectivity index (χ1v) is 7.12. The highest BCUT2D eigenvalue weighted by Crippen LogP contribution is 2.12. The van der Waals surface area contributed by atoms with Crippen LogP contribution in [0.15, 0.2) is 30.3 Å². The molecule has 1 aliphatic heterocycles. The molecule has 3 N–H and O–H groups in total. The van der Waals surface area contributed by atoms with Gasteiger partial charge in [0.15, 0.2) is 12.0 Å². The van der Waals surface area contributed by atoms with Gasteiger partial charge in [-0.2, -0.15) is 8.42 Å². The summed E-state index contributed by atoms with van der Waals surface area (Å²) in [5.74, 6) is -0.880. The van der Waals surface area contributed by atoms with Crippen molar-refractivity contribution in [2.45, 2.75) is 11.4 Å². The lowest BCUT2D eigenvalue weighted by Crippen LogP contribution is -2.71. The molecular formula is C11H12N2O6S. The van der Waals surface area contributed by atoms with Gasteiger partial charge in [0.25, 0.3) is 16.0 Å². The summed E-state index contributed by atoms with van der Waals surface area (Å²) >= 11 is 0. The number of hydrogen-bond acceptors (Lipinski definition) is 5. The van der Waals surface area contributed by atoms with Crippen LogP contribution >= 0.6 is 0 Å². The Labute approximate surface area is 114 Å². The molecule has 0 bridgehead atoms. The molecule has 0 spiro atoms. The van der Waals surface area contributed by atoms with E-state index in [0.717, 1.165) is 0 Å². The molecule has 0 radical (unpaired) electrons. The van der Waals surface area contributed by atoms with Gasteiger partial charge in [0, 0.05) is 0 Å². The van der Waals surface area contributed by atoms with Gasteiger partial charge in [0.2, 0.25) is 5.91 Å². The number of nitrogens with one attached hydrogen (secondary N) is 2. The first-order valence-electron chi connectivity index (χ1n) is 5.62. The molecular weight excluding hydrogens is 288 g/mol. The number of amides is 2. The standard InChI is InChI=1S/C11H12N2O6S/c14-8(6-19-7-4-2-1-3-5-7)12-9-10(15)13-11(9)20(16,17)18/h1-5,9,11H,6H2,(H,12,14)(H,13,15)(H,16,17,18)/t9-,11-/m1/s1. The molecule has 0 saturated carbocycles. The second-order valence-corrected chi connectivity index (χ2v) is 5.63. The molecule has 1 heterocycles.